The summed E-state index contributed by atoms with van der Waals surface area (Å²) < 4.78 is 27.0. The molecule has 0 amide bonds. The van der Waals surface area contributed by atoms with Crippen LogP contribution in [0.4, 0.5) is 5.69 Å². The Morgan fingerprint density at radius 3 is 2.16 bits per heavy atom. The van der Waals surface area contributed by atoms with Crippen molar-refractivity contribution in [2.45, 2.75) is 17.9 Å². The van der Waals surface area contributed by atoms with Crippen LogP contribution in [0.15, 0.2) is 59.5 Å². The van der Waals surface area contributed by atoms with Crippen LogP contribution >= 0.6 is 12.4 Å². The molecular formula is C16H20ClN3O4S. The molecule has 0 saturated heterocycles. The quantitative estimate of drug-likeness (QED) is 0.555. The molecule has 0 aliphatic rings. The largest absolute Gasteiger partial charge is 0.330 e. The van der Waals surface area contributed by atoms with Crippen molar-refractivity contribution in [3.8, 4) is 0 Å². The van der Waals surface area contributed by atoms with Gasteiger partial charge in [-0.3, -0.25) is 10.1 Å². The van der Waals surface area contributed by atoms with Gasteiger partial charge in [-0.05, 0) is 30.7 Å². The number of nitrogens with two attached hydrogens (primary N) is 1. The summed E-state index contributed by atoms with van der Waals surface area (Å²) in [5, 5.41) is 10.7. The predicted molar refractivity (Wildman–Crippen MR) is 98.1 cm³/mol. The van der Waals surface area contributed by atoms with E-state index in [1.807, 2.05) is 30.3 Å². The molecule has 0 fully saturated rings. The summed E-state index contributed by atoms with van der Waals surface area (Å²) in [5.41, 5.74) is 6.22. The number of hydrogen-bond donors (Lipinski definition) is 1. The molecule has 0 radical (unpaired) electrons. The second kappa shape index (κ2) is 9.47. The Morgan fingerprint density at radius 2 is 1.64 bits per heavy atom. The van der Waals surface area contributed by atoms with E-state index in [0.29, 0.717) is 13.0 Å². The van der Waals surface area contributed by atoms with Gasteiger partial charge in [-0.25, -0.2) is 8.42 Å². The van der Waals surface area contributed by atoms with Crippen LogP contribution in [0.1, 0.15) is 12.0 Å². The first-order chi connectivity index (χ1) is 11.4. The van der Waals surface area contributed by atoms with Crippen LogP contribution in [0.3, 0.4) is 0 Å². The monoisotopic (exact) mass is 385 g/mol. The van der Waals surface area contributed by atoms with E-state index >= 15 is 0 Å². The topological polar surface area (TPSA) is 107 Å². The van der Waals surface area contributed by atoms with E-state index < -0.39 is 14.9 Å². The van der Waals surface area contributed by atoms with Crippen molar-refractivity contribution < 1.29 is 13.3 Å². The summed E-state index contributed by atoms with van der Waals surface area (Å²) in [6, 6.07) is 14.1. The molecule has 0 unspecified atom stereocenters. The van der Waals surface area contributed by atoms with E-state index in [1.165, 1.54) is 28.6 Å². The number of nitro benzene ring substituents is 1. The van der Waals surface area contributed by atoms with E-state index in [4.69, 9.17) is 5.73 Å². The zero-order valence-corrected chi connectivity index (χ0v) is 15.1. The SMILES string of the molecule is Cl.NCCCN(Cc1ccccc1)S(=O)(=O)c1ccc([N+](=O)[O-])cc1. The number of rotatable bonds is 8. The maximum atomic E-state index is 12.8. The van der Waals surface area contributed by atoms with Gasteiger partial charge in [0.15, 0.2) is 0 Å². The van der Waals surface area contributed by atoms with Gasteiger partial charge in [0, 0.05) is 25.2 Å². The van der Waals surface area contributed by atoms with Crippen LogP contribution in [0.5, 0.6) is 0 Å². The number of nitro groups is 1. The molecule has 0 saturated carbocycles. The van der Waals surface area contributed by atoms with Crippen molar-refractivity contribution in [2.24, 2.45) is 5.73 Å². The van der Waals surface area contributed by atoms with Crippen molar-refractivity contribution in [1.82, 2.24) is 4.31 Å². The molecule has 0 heterocycles. The van der Waals surface area contributed by atoms with Gasteiger partial charge in [-0.1, -0.05) is 30.3 Å². The first-order valence-electron chi connectivity index (χ1n) is 7.44. The minimum absolute atomic E-state index is 0. The molecule has 25 heavy (non-hydrogen) atoms. The van der Waals surface area contributed by atoms with Gasteiger partial charge in [0.1, 0.15) is 0 Å². The van der Waals surface area contributed by atoms with Crippen LogP contribution in [0, 0.1) is 10.1 Å². The van der Waals surface area contributed by atoms with E-state index in [9.17, 15) is 18.5 Å². The van der Waals surface area contributed by atoms with Gasteiger partial charge in [-0.2, -0.15) is 4.31 Å². The van der Waals surface area contributed by atoms with Crippen molar-refractivity contribution >= 4 is 28.1 Å². The molecule has 2 aromatic carbocycles. The Balaban J connectivity index is 0.00000312. The van der Waals surface area contributed by atoms with Gasteiger partial charge in [0.2, 0.25) is 10.0 Å². The summed E-state index contributed by atoms with van der Waals surface area (Å²) in [6.45, 7) is 0.881. The third kappa shape index (κ3) is 5.50. The van der Waals surface area contributed by atoms with Crippen LogP contribution in [0.2, 0.25) is 0 Å². The fourth-order valence-electron chi connectivity index (χ4n) is 2.23. The van der Waals surface area contributed by atoms with E-state index in [0.717, 1.165) is 5.56 Å². The molecule has 0 aromatic heterocycles. The average molecular weight is 386 g/mol. The molecular weight excluding hydrogens is 366 g/mol. The van der Waals surface area contributed by atoms with Gasteiger partial charge < -0.3 is 5.73 Å². The second-order valence-electron chi connectivity index (χ2n) is 5.22. The minimum atomic E-state index is -3.76. The lowest BCUT2D eigenvalue weighted by Gasteiger charge is -2.22. The van der Waals surface area contributed by atoms with Crippen molar-refractivity contribution in [3.05, 3.63) is 70.3 Å². The summed E-state index contributed by atoms with van der Waals surface area (Å²) in [7, 11) is -3.76. The minimum Gasteiger partial charge on any atom is -0.330 e. The number of non-ortho nitro benzene ring substituents is 1. The lowest BCUT2D eigenvalue weighted by atomic mass is 10.2. The van der Waals surface area contributed by atoms with Gasteiger partial charge in [-0.15, -0.1) is 12.4 Å². The second-order valence-corrected chi connectivity index (χ2v) is 7.16. The molecule has 0 bridgehead atoms. The molecule has 2 rings (SSSR count). The zero-order valence-electron chi connectivity index (χ0n) is 13.4. The third-order valence-electron chi connectivity index (χ3n) is 3.50. The highest BCUT2D eigenvalue weighted by Gasteiger charge is 2.24. The lowest BCUT2D eigenvalue weighted by Crippen LogP contribution is -2.32. The number of halogens is 1. The third-order valence-corrected chi connectivity index (χ3v) is 5.36. The van der Waals surface area contributed by atoms with Crippen LogP contribution in [0.25, 0.3) is 0 Å². The van der Waals surface area contributed by atoms with E-state index in [2.05, 4.69) is 0 Å². The number of sulfonamides is 1. The molecule has 2 N–H and O–H groups in total. The summed E-state index contributed by atoms with van der Waals surface area (Å²) >= 11 is 0. The highest BCUT2D eigenvalue weighted by molar-refractivity contribution is 7.89. The molecule has 0 spiro atoms. The first kappa shape index (κ1) is 21.0. The summed E-state index contributed by atoms with van der Waals surface area (Å²) in [4.78, 5) is 10.2. The zero-order chi connectivity index (χ0) is 17.6. The van der Waals surface area contributed by atoms with Crippen LogP contribution < -0.4 is 5.73 Å². The highest BCUT2D eigenvalue weighted by Crippen LogP contribution is 2.21. The molecule has 7 nitrogen and oxygen atoms in total. The van der Waals surface area contributed by atoms with Crippen molar-refractivity contribution in [1.29, 1.82) is 0 Å². The first-order valence-corrected chi connectivity index (χ1v) is 8.88. The van der Waals surface area contributed by atoms with Crippen LogP contribution in [-0.2, 0) is 16.6 Å². The fourth-order valence-corrected chi connectivity index (χ4v) is 3.69. The smallest absolute Gasteiger partial charge is 0.269 e. The van der Waals surface area contributed by atoms with Gasteiger partial charge in [0.25, 0.3) is 5.69 Å². The molecule has 2 aromatic rings. The van der Waals surface area contributed by atoms with E-state index in [-0.39, 0.29) is 36.1 Å². The fraction of sp³-hybridized carbons (Fsp3) is 0.250. The normalized spacial score (nSPS) is 11.1. The summed E-state index contributed by atoms with van der Waals surface area (Å²) in [6.07, 6.45) is 0.527. The number of hydrogen-bond acceptors (Lipinski definition) is 5. The molecule has 0 aliphatic carbocycles. The van der Waals surface area contributed by atoms with Crippen LogP contribution in [-0.4, -0.2) is 30.7 Å². The maximum absolute atomic E-state index is 12.8. The molecule has 0 atom stereocenters. The Morgan fingerprint density at radius 1 is 1.04 bits per heavy atom. The molecule has 136 valence electrons. The lowest BCUT2D eigenvalue weighted by molar-refractivity contribution is -0.384. The standard InChI is InChI=1S/C16H19N3O4S.ClH/c17-11-4-12-18(13-14-5-2-1-3-6-14)24(22,23)16-9-7-15(8-10-16)19(20)21;/h1-3,5-10H,4,11-13,17H2;1H. The van der Waals surface area contributed by atoms with E-state index in [1.54, 1.807) is 0 Å². The Kier molecular flexibility index (Phi) is 7.98. The number of nitrogens with zero attached hydrogens (tertiary/aromatic N) is 2. The van der Waals surface area contributed by atoms with Crippen molar-refractivity contribution in [2.75, 3.05) is 13.1 Å². The van der Waals surface area contributed by atoms with Gasteiger partial charge >= 0.3 is 0 Å². The Bertz CT molecular complexity index is 783. The molecule has 9 heteroatoms. The number of benzene rings is 2. The van der Waals surface area contributed by atoms with Crippen molar-refractivity contribution in [3.63, 3.8) is 0 Å². The predicted octanol–water partition coefficient (Wildman–Crippen LogP) is 2.56. The summed E-state index contributed by atoms with van der Waals surface area (Å²) in [5.74, 6) is 0. The molecule has 0 aliphatic heterocycles. The average Bonchev–Trinajstić information content (AvgIpc) is 2.59. The highest BCUT2D eigenvalue weighted by atomic mass is 35.5. The van der Waals surface area contributed by atoms with Gasteiger partial charge in [0.05, 0.1) is 9.82 Å². The maximum Gasteiger partial charge on any atom is 0.269 e. The Labute approximate surface area is 153 Å². The Hall–Kier alpha value is -2.00.